The Labute approximate surface area is 98.1 Å². The third-order valence-electron chi connectivity index (χ3n) is 2.21. The van der Waals surface area contributed by atoms with E-state index in [4.69, 9.17) is 4.74 Å². The van der Waals surface area contributed by atoms with Crippen molar-refractivity contribution in [3.63, 3.8) is 0 Å². The van der Waals surface area contributed by atoms with E-state index in [-0.39, 0.29) is 0 Å². The highest BCUT2D eigenvalue weighted by Gasteiger charge is 2.14. The van der Waals surface area contributed by atoms with E-state index in [9.17, 15) is 4.79 Å². The molecular formula is C11H12N2O2S. The first-order valence-electron chi connectivity index (χ1n) is 4.77. The third-order valence-corrected chi connectivity index (χ3v) is 3.26. The predicted octanol–water partition coefficient (Wildman–Crippen LogP) is 2.64. The SMILES string of the molecule is COc1cc(NC=O)c2c(c1)SC=C(C)N2. The summed E-state index contributed by atoms with van der Waals surface area (Å²) < 4.78 is 5.18. The van der Waals surface area contributed by atoms with E-state index >= 15 is 0 Å². The van der Waals surface area contributed by atoms with E-state index in [1.165, 1.54) is 0 Å². The fourth-order valence-corrected chi connectivity index (χ4v) is 2.31. The molecule has 0 saturated carbocycles. The summed E-state index contributed by atoms with van der Waals surface area (Å²) in [5.41, 5.74) is 2.69. The quantitative estimate of drug-likeness (QED) is 0.792. The van der Waals surface area contributed by atoms with Crippen LogP contribution in [0.5, 0.6) is 5.75 Å². The standard InChI is InChI=1S/C11H12N2O2S/c1-7-5-16-10-4-8(15-2)3-9(12-6-14)11(10)13-7/h3-6,13H,1-2H3,(H,12,14). The molecule has 1 aromatic carbocycles. The molecule has 1 heterocycles. The van der Waals surface area contributed by atoms with Crippen molar-refractivity contribution in [1.29, 1.82) is 0 Å². The van der Waals surface area contributed by atoms with Crippen LogP contribution < -0.4 is 15.4 Å². The van der Waals surface area contributed by atoms with Gasteiger partial charge in [0.25, 0.3) is 0 Å². The number of carbonyl (C=O) groups is 1. The molecule has 1 aliphatic rings. The van der Waals surface area contributed by atoms with Crippen LogP contribution in [0.15, 0.2) is 28.1 Å². The van der Waals surface area contributed by atoms with Gasteiger partial charge in [-0.25, -0.2) is 0 Å². The molecule has 16 heavy (non-hydrogen) atoms. The van der Waals surface area contributed by atoms with Crippen molar-refractivity contribution in [1.82, 2.24) is 0 Å². The summed E-state index contributed by atoms with van der Waals surface area (Å²) in [4.78, 5) is 11.6. The largest absolute Gasteiger partial charge is 0.497 e. The van der Waals surface area contributed by atoms with Gasteiger partial charge in [-0.3, -0.25) is 4.79 Å². The number of allylic oxidation sites excluding steroid dienone is 1. The number of hydrogen-bond acceptors (Lipinski definition) is 4. The molecule has 0 aromatic heterocycles. The Balaban J connectivity index is 2.47. The topological polar surface area (TPSA) is 50.4 Å². The number of carbonyl (C=O) groups excluding carboxylic acids is 1. The van der Waals surface area contributed by atoms with Crippen molar-refractivity contribution in [2.75, 3.05) is 17.7 Å². The molecule has 0 saturated heterocycles. The maximum Gasteiger partial charge on any atom is 0.211 e. The monoisotopic (exact) mass is 236 g/mol. The summed E-state index contributed by atoms with van der Waals surface area (Å²) in [6.45, 7) is 1.98. The van der Waals surface area contributed by atoms with Crippen molar-refractivity contribution in [2.24, 2.45) is 0 Å². The van der Waals surface area contributed by atoms with Gasteiger partial charge in [-0.1, -0.05) is 11.8 Å². The fraction of sp³-hybridized carbons (Fsp3) is 0.182. The molecule has 2 N–H and O–H groups in total. The average Bonchev–Trinajstić information content (AvgIpc) is 2.30. The molecule has 0 aliphatic carbocycles. The van der Waals surface area contributed by atoms with Gasteiger partial charge in [0.15, 0.2) is 0 Å². The third kappa shape index (κ3) is 1.99. The summed E-state index contributed by atoms with van der Waals surface area (Å²) in [5.74, 6) is 0.727. The lowest BCUT2D eigenvalue weighted by molar-refractivity contribution is -0.105. The molecule has 84 valence electrons. The lowest BCUT2D eigenvalue weighted by Crippen LogP contribution is -2.06. The minimum absolute atomic E-state index is 0.662. The Hall–Kier alpha value is -1.62. The van der Waals surface area contributed by atoms with Crippen LogP contribution in [0.1, 0.15) is 6.92 Å². The van der Waals surface area contributed by atoms with Gasteiger partial charge in [0.2, 0.25) is 6.41 Å². The van der Waals surface area contributed by atoms with Crippen LogP contribution in [-0.2, 0) is 4.79 Å². The molecule has 1 aliphatic heterocycles. The molecule has 0 spiro atoms. The number of hydrogen-bond donors (Lipinski definition) is 2. The maximum atomic E-state index is 10.5. The normalized spacial score (nSPS) is 13.2. The molecule has 4 nitrogen and oxygen atoms in total. The number of methoxy groups -OCH3 is 1. The van der Waals surface area contributed by atoms with E-state index in [1.807, 2.05) is 18.4 Å². The van der Waals surface area contributed by atoms with E-state index < -0.39 is 0 Å². The molecule has 1 amide bonds. The number of anilines is 2. The molecule has 0 radical (unpaired) electrons. The van der Waals surface area contributed by atoms with Gasteiger partial charge in [-0.15, -0.1) is 0 Å². The van der Waals surface area contributed by atoms with E-state index in [0.29, 0.717) is 6.41 Å². The number of thioether (sulfide) groups is 1. The van der Waals surface area contributed by atoms with Gasteiger partial charge >= 0.3 is 0 Å². The van der Waals surface area contributed by atoms with Crippen LogP contribution in [0.3, 0.4) is 0 Å². The number of ether oxygens (including phenoxy) is 1. The molecule has 0 bridgehead atoms. The molecule has 5 heteroatoms. The fourth-order valence-electron chi connectivity index (χ4n) is 1.49. The first-order chi connectivity index (χ1) is 7.74. The Morgan fingerprint density at radius 1 is 1.50 bits per heavy atom. The first kappa shape index (κ1) is 10.9. The Bertz CT molecular complexity index is 458. The number of nitrogens with one attached hydrogen (secondary N) is 2. The van der Waals surface area contributed by atoms with Gasteiger partial charge in [-0.05, 0) is 18.4 Å². The zero-order valence-electron chi connectivity index (χ0n) is 9.03. The summed E-state index contributed by atoms with van der Waals surface area (Å²) in [7, 11) is 1.61. The summed E-state index contributed by atoms with van der Waals surface area (Å²) in [6.07, 6.45) is 0.662. The number of rotatable bonds is 3. The lowest BCUT2D eigenvalue weighted by Gasteiger charge is -2.20. The predicted molar refractivity (Wildman–Crippen MR) is 65.9 cm³/mol. The van der Waals surface area contributed by atoms with Crippen LogP contribution in [0.4, 0.5) is 11.4 Å². The maximum absolute atomic E-state index is 10.5. The second kappa shape index (κ2) is 4.49. The van der Waals surface area contributed by atoms with Crippen molar-refractivity contribution >= 4 is 29.5 Å². The zero-order valence-corrected chi connectivity index (χ0v) is 9.85. The second-order valence-electron chi connectivity index (χ2n) is 3.35. The highest BCUT2D eigenvalue weighted by atomic mass is 32.2. The van der Waals surface area contributed by atoms with Crippen LogP contribution in [0.2, 0.25) is 0 Å². The van der Waals surface area contributed by atoms with Crippen LogP contribution in [-0.4, -0.2) is 13.5 Å². The summed E-state index contributed by atoms with van der Waals surface area (Å²) in [5, 5.41) is 7.92. The smallest absolute Gasteiger partial charge is 0.211 e. The van der Waals surface area contributed by atoms with Gasteiger partial charge in [0.05, 0.1) is 18.5 Å². The number of amides is 1. The average molecular weight is 236 g/mol. The minimum atomic E-state index is 0.662. The Kier molecular flexibility index (Phi) is 3.05. The van der Waals surface area contributed by atoms with Crippen molar-refractivity contribution in [2.45, 2.75) is 11.8 Å². The molecule has 0 fully saturated rings. The highest BCUT2D eigenvalue weighted by Crippen LogP contribution is 2.41. The molecule has 1 aromatic rings. The molecule has 2 rings (SSSR count). The van der Waals surface area contributed by atoms with Crippen molar-refractivity contribution < 1.29 is 9.53 Å². The van der Waals surface area contributed by atoms with E-state index in [2.05, 4.69) is 10.6 Å². The molecule has 0 unspecified atom stereocenters. The molecule has 0 atom stereocenters. The van der Waals surface area contributed by atoms with Crippen LogP contribution in [0.25, 0.3) is 0 Å². The summed E-state index contributed by atoms with van der Waals surface area (Å²) >= 11 is 1.61. The van der Waals surface area contributed by atoms with Gasteiger partial charge in [-0.2, -0.15) is 0 Å². The Morgan fingerprint density at radius 3 is 3.00 bits per heavy atom. The van der Waals surface area contributed by atoms with Crippen molar-refractivity contribution in [3.05, 3.63) is 23.2 Å². The number of fused-ring (bicyclic) bond motifs is 1. The first-order valence-corrected chi connectivity index (χ1v) is 5.65. The summed E-state index contributed by atoms with van der Waals surface area (Å²) in [6, 6.07) is 3.73. The zero-order chi connectivity index (χ0) is 11.5. The highest BCUT2D eigenvalue weighted by molar-refractivity contribution is 8.02. The van der Waals surface area contributed by atoms with Crippen molar-refractivity contribution in [3.8, 4) is 5.75 Å². The lowest BCUT2D eigenvalue weighted by atomic mass is 10.2. The molecular weight excluding hydrogens is 224 g/mol. The van der Waals surface area contributed by atoms with Gasteiger partial charge < -0.3 is 15.4 Å². The van der Waals surface area contributed by atoms with Gasteiger partial charge in [0, 0.05) is 16.7 Å². The van der Waals surface area contributed by atoms with E-state index in [1.54, 1.807) is 24.9 Å². The number of benzene rings is 1. The minimum Gasteiger partial charge on any atom is -0.497 e. The second-order valence-corrected chi connectivity index (χ2v) is 4.27. The van der Waals surface area contributed by atoms with Crippen LogP contribution in [0, 0.1) is 0 Å². The van der Waals surface area contributed by atoms with Crippen LogP contribution >= 0.6 is 11.8 Å². The Morgan fingerprint density at radius 2 is 2.31 bits per heavy atom. The van der Waals surface area contributed by atoms with Gasteiger partial charge in [0.1, 0.15) is 5.75 Å². The van der Waals surface area contributed by atoms with E-state index in [0.717, 1.165) is 27.7 Å².